The monoisotopic (exact) mass is 447 g/mol. The molecule has 3 nitrogen and oxygen atoms in total. The lowest BCUT2D eigenvalue weighted by Crippen LogP contribution is -2.02. The van der Waals surface area contributed by atoms with Crippen LogP contribution in [0.2, 0.25) is 0 Å². The molecule has 0 unspecified atom stereocenters. The predicted molar refractivity (Wildman–Crippen MR) is 102 cm³/mol. The molecule has 3 aromatic rings. The van der Waals surface area contributed by atoms with E-state index in [2.05, 4.69) is 42.9 Å². The number of nitriles is 1. The molecule has 0 saturated heterocycles. The van der Waals surface area contributed by atoms with E-state index in [-0.39, 0.29) is 5.82 Å². The van der Waals surface area contributed by atoms with Crippen LogP contribution >= 0.6 is 43.2 Å². The molecule has 114 valence electrons. The Morgan fingerprint density at radius 3 is 2.43 bits per heavy atom. The standard InChI is InChI=1S/C17H11Br2N3S/c1-9-15(14-6-12(19)8-23-14)13(7-20)17(21)22-16(9)10-2-4-11(18)5-3-10/h2-6,8H,1H3,(H2,21,22). The zero-order chi connectivity index (χ0) is 16.6. The molecule has 0 saturated carbocycles. The first-order valence-corrected chi connectivity index (χ1v) is 9.18. The largest absolute Gasteiger partial charge is 0.383 e. The van der Waals surface area contributed by atoms with E-state index >= 15 is 0 Å². The van der Waals surface area contributed by atoms with Gasteiger partial charge in [-0.25, -0.2) is 4.98 Å². The highest BCUT2D eigenvalue weighted by atomic mass is 79.9. The average Bonchev–Trinajstić information content (AvgIpc) is 2.95. The van der Waals surface area contributed by atoms with Crippen LogP contribution < -0.4 is 5.73 Å². The van der Waals surface area contributed by atoms with Gasteiger partial charge in [-0.3, -0.25) is 0 Å². The molecule has 2 N–H and O–H groups in total. The summed E-state index contributed by atoms with van der Waals surface area (Å²) in [4.78, 5) is 5.47. The zero-order valence-corrected chi connectivity index (χ0v) is 16.1. The topological polar surface area (TPSA) is 62.7 Å². The molecule has 0 atom stereocenters. The van der Waals surface area contributed by atoms with Gasteiger partial charge in [0.1, 0.15) is 17.5 Å². The number of halogens is 2. The third kappa shape index (κ3) is 3.05. The third-order valence-corrected chi connectivity index (χ3v) is 5.75. The summed E-state index contributed by atoms with van der Waals surface area (Å²) >= 11 is 8.47. The van der Waals surface area contributed by atoms with Crippen molar-refractivity contribution in [2.24, 2.45) is 0 Å². The highest BCUT2D eigenvalue weighted by molar-refractivity contribution is 9.10. The number of benzene rings is 1. The van der Waals surface area contributed by atoms with Crippen LogP contribution in [0, 0.1) is 18.3 Å². The molecule has 0 aliphatic rings. The summed E-state index contributed by atoms with van der Waals surface area (Å²) in [6, 6.07) is 12.1. The number of thiophene rings is 1. The number of nitrogen functional groups attached to an aromatic ring is 1. The van der Waals surface area contributed by atoms with Crippen molar-refractivity contribution >= 4 is 49.0 Å². The second-order valence-corrected chi connectivity index (χ2v) is 7.71. The summed E-state index contributed by atoms with van der Waals surface area (Å²) in [7, 11) is 0. The molecule has 23 heavy (non-hydrogen) atoms. The fraction of sp³-hybridized carbons (Fsp3) is 0.0588. The Balaban J connectivity index is 2.30. The molecule has 0 amide bonds. The average molecular weight is 449 g/mol. The van der Waals surface area contributed by atoms with Gasteiger partial charge in [0.05, 0.1) is 5.69 Å². The summed E-state index contributed by atoms with van der Waals surface area (Å²) in [6.07, 6.45) is 0. The van der Waals surface area contributed by atoms with Crippen molar-refractivity contribution in [3.8, 4) is 27.8 Å². The minimum Gasteiger partial charge on any atom is -0.383 e. The number of nitrogens with two attached hydrogens (primary N) is 1. The Bertz CT molecular complexity index is 924. The molecule has 0 aliphatic heterocycles. The van der Waals surface area contributed by atoms with Gasteiger partial charge in [0.25, 0.3) is 0 Å². The van der Waals surface area contributed by atoms with Crippen LogP contribution in [0.15, 0.2) is 44.7 Å². The third-order valence-electron chi connectivity index (χ3n) is 3.51. The summed E-state index contributed by atoms with van der Waals surface area (Å²) in [5.74, 6) is 0.260. The molecule has 0 spiro atoms. The minimum atomic E-state index is 0.260. The number of nitrogens with zero attached hydrogens (tertiary/aromatic N) is 2. The highest BCUT2D eigenvalue weighted by Crippen LogP contribution is 2.39. The van der Waals surface area contributed by atoms with Gasteiger partial charge in [-0.05, 0) is 46.6 Å². The van der Waals surface area contributed by atoms with E-state index in [1.807, 2.05) is 42.6 Å². The van der Waals surface area contributed by atoms with Crippen molar-refractivity contribution < 1.29 is 0 Å². The lowest BCUT2D eigenvalue weighted by atomic mass is 9.97. The summed E-state index contributed by atoms with van der Waals surface area (Å²) in [5.41, 5.74) is 10.1. The molecule has 0 aliphatic carbocycles. The molecule has 1 aromatic carbocycles. The number of anilines is 1. The Morgan fingerprint density at radius 1 is 1.17 bits per heavy atom. The highest BCUT2D eigenvalue weighted by Gasteiger charge is 2.19. The number of aromatic nitrogens is 1. The van der Waals surface area contributed by atoms with Crippen LogP contribution in [0.3, 0.4) is 0 Å². The van der Waals surface area contributed by atoms with Gasteiger partial charge < -0.3 is 5.73 Å². The van der Waals surface area contributed by atoms with Crippen molar-refractivity contribution in [2.75, 3.05) is 5.73 Å². The van der Waals surface area contributed by atoms with Gasteiger partial charge >= 0.3 is 0 Å². The second kappa shape index (κ2) is 6.44. The maximum Gasteiger partial charge on any atom is 0.142 e. The van der Waals surface area contributed by atoms with Gasteiger partial charge in [-0.15, -0.1) is 11.3 Å². The van der Waals surface area contributed by atoms with Crippen LogP contribution in [0.25, 0.3) is 21.7 Å². The first kappa shape index (κ1) is 16.2. The summed E-state index contributed by atoms with van der Waals surface area (Å²) in [5, 5.41) is 11.5. The molecule has 2 aromatic heterocycles. The molecule has 2 heterocycles. The van der Waals surface area contributed by atoms with Crippen molar-refractivity contribution in [1.82, 2.24) is 4.98 Å². The molecule has 0 bridgehead atoms. The number of hydrogen-bond acceptors (Lipinski definition) is 4. The van der Waals surface area contributed by atoms with Gasteiger partial charge in [-0.2, -0.15) is 5.26 Å². The van der Waals surface area contributed by atoms with Crippen LogP contribution in [0.4, 0.5) is 5.82 Å². The second-order valence-electron chi connectivity index (χ2n) is 4.97. The molecule has 0 fully saturated rings. The lowest BCUT2D eigenvalue weighted by Gasteiger charge is -2.13. The first-order chi connectivity index (χ1) is 11.0. The number of rotatable bonds is 2. The van der Waals surface area contributed by atoms with E-state index in [4.69, 9.17) is 5.73 Å². The Morgan fingerprint density at radius 2 is 1.87 bits per heavy atom. The Labute approximate surface area is 155 Å². The fourth-order valence-electron chi connectivity index (χ4n) is 2.45. The quantitative estimate of drug-likeness (QED) is 0.541. The van der Waals surface area contributed by atoms with Gasteiger partial charge in [-0.1, -0.05) is 28.1 Å². The summed E-state index contributed by atoms with van der Waals surface area (Å²) < 4.78 is 1.99. The van der Waals surface area contributed by atoms with Gasteiger partial charge in [0.15, 0.2) is 0 Å². The van der Waals surface area contributed by atoms with Crippen molar-refractivity contribution in [3.63, 3.8) is 0 Å². The smallest absolute Gasteiger partial charge is 0.142 e. The van der Waals surface area contributed by atoms with Crippen LogP contribution in [-0.4, -0.2) is 4.98 Å². The SMILES string of the molecule is Cc1c(-c2ccc(Br)cc2)nc(N)c(C#N)c1-c1cc(Br)cs1. The minimum absolute atomic E-state index is 0.260. The maximum atomic E-state index is 9.51. The van der Waals surface area contributed by atoms with Gasteiger partial charge in [0, 0.05) is 30.3 Å². The molecular formula is C17H11Br2N3S. The number of pyridine rings is 1. The van der Waals surface area contributed by atoms with E-state index < -0.39 is 0 Å². The normalized spacial score (nSPS) is 10.5. The molecule has 3 rings (SSSR count). The lowest BCUT2D eigenvalue weighted by molar-refractivity contribution is 1.26. The van der Waals surface area contributed by atoms with Crippen LogP contribution in [0.5, 0.6) is 0 Å². The van der Waals surface area contributed by atoms with Crippen molar-refractivity contribution in [1.29, 1.82) is 5.26 Å². The first-order valence-electron chi connectivity index (χ1n) is 6.71. The maximum absolute atomic E-state index is 9.51. The Hall–Kier alpha value is -1.68. The van der Waals surface area contributed by atoms with Crippen LogP contribution in [0.1, 0.15) is 11.1 Å². The number of hydrogen-bond donors (Lipinski definition) is 1. The van der Waals surface area contributed by atoms with Crippen LogP contribution in [-0.2, 0) is 0 Å². The van der Waals surface area contributed by atoms with Gasteiger partial charge in [0.2, 0.25) is 0 Å². The molecule has 0 radical (unpaired) electrons. The molecular weight excluding hydrogens is 438 g/mol. The molecule has 6 heteroatoms. The van der Waals surface area contributed by atoms with Crippen molar-refractivity contribution in [3.05, 3.63) is 55.8 Å². The predicted octanol–water partition coefficient (Wildman–Crippen LogP) is 5.76. The summed E-state index contributed by atoms with van der Waals surface area (Å²) in [6.45, 7) is 1.98. The van der Waals surface area contributed by atoms with E-state index in [1.54, 1.807) is 11.3 Å². The zero-order valence-electron chi connectivity index (χ0n) is 12.1. The van der Waals surface area contributed by atoms with Crippen molar-refractivity contribution in [2.45, 2.75) is 6.92 Å². The Kier molecular flexibility index (Phi) is 4.53. The van der Waals surface area contributed by atoms with E-state index in [1.165, 1.54) is 0 Å². The van der Waals surface area contributed by atoms with E-state index in [9.17, 15) is 5.26 Å². The fourth-order valence-corrected chi connectivity index (χ4v) is 4.25. The van der Waals surface area contributed by atoms with E-state index in [0.29, 0.717) is 5.56 Å². The van der Waals surface area contributed by atoms with E-state index in [0.717, 1.165) is 36.2 Å².